The maximum Gasteiger partial charge on any atom is 0.144 e. The minimum atomic E-state index is -0.298. The second-order valence-corrected chi connectivity index (χ2v) is 9.30. The lowest BCUT2D eigenvalue weighted by atomic mass is 9.72. The van der Waals surface area contributed by atoms with Gasteiger partial charge in [0.25, 0.3) is 0 Å². The van der Waals surface area contributed by atoms with Gasteiger partial charge in [-0.25, -0.2) is 0 Å². The lowest BCUT2D eigenvalue weighted by molar-refractivity contribution is -0.122. The van der Waals surface area contributed by atoms with Crippen molar-refractivity contribution in [3.63, 3.8) is 0 Å². The van der Waals surface area contributed by atoms with E-state index in [4.69, 9.17) is 9.73 Å². The molecule has 0 spiro atoms. The Balaban J connectivity index is 1.54. The van der Waals surface area contributed by atoms with Crippen molar-refractivity contribution in [3.05, 3.63) is 83.9 Å². The molecule has 1 aliphatic heterocycles. The summed E-state index contributed by atoms with van der Waals surface area (Å²) >= 11 is 0. The zero-order valence-electron chi connectivity index (χ0n) is 20.7. The maximum absolute atomic E-state index is 13.8. The van der Waals surface area contributed by atoms with Crippen LogP contribution in [-0.2, 0) is 4.79 Å². The highest BCUT2D eigenvalue weighted by Gasteiger charge is 2.42. The lowest BCUT2D eigenvalue weighted by Crippen LogP contribution is -2.38. The molecular weight excluding hydrogens is 434 g/mol. The normalized spacial score (nSPS) is 21.2. The monoisotopic (exact) mass is 467 g/mol. The Kier molecular flexibility index (Phi) is 6.58. The smallest absolute Gasteiger partial charge is 0.144 e. The molecule has 35 heavy (non-hydrogen) atoms. The highest BCUT2D eigenvalue weighted by Crippen LogP contribution is 2.45. The number of nitrogens with zero attached hydrogens (tertiary/aromatic N) is 2. The van der Waals surface area contributed by atoms with Gasteiger partial charge in [-0.1, -0.05) is 42.5 Å². The van der Waals surface area contributed by atoms with Crippen molar-refractivity contribution >= 4 is 28.6 Å². The number of carbonyl (C=O) groups is 1. The fourth-order valence-electron chi connectivity index (χ4n) is 5.58. The van der Waals surface area contributed by atoms with Crippen LogP contribution in [0.2, 0.25) is 0 Å². The number of methoxy groups -OCH3 is 1. The Labute approximate surface area is 207 Å². The van der Waals surface area contributed by atoms with Crippen molar-refractivity contribution in [2.45, 2.75) is 38.6 Å². The molecule has 2 aliphatic rings. The number of hydrogen-bond donors (Lipinski definition) is 1. The number of ketones is 1. The van der Waals surface area contributed by atoms with Crippen LogP contribution in [0.1, 0.15) is 49.8 Å². The van der Waals surface area contributed by atoms with Crippen LogP contribution in [0.4, 0.5) is 17.1 Å². The molecule has 180 valence electrons. The molecule has 3 unspecified atom stereocenters. The Morgan fingerprint density at radius 2 is 1.66 bits per heavy atom. The van der Waals surface area contributed by atoms with Gasteiger partial charge < -0.3 is 15.0 Å². The first kappa shape index (κ1) is 23.2. The van der Waals surface area contributed by atoms with Crippen molar-refractivity contribution in [2.24, 2.45) is 10.9 Å². The number of aliphatic imine (C=N–C) groups is 1. The van der Waals surface area contributed by atoms with Gasteiger partial charge >= 0.3 is 0 Å². The van der Waals surface area contributed by atoms with Gasteiger partial charge in [0.15, 0.2) is 0 Å². The Hall–Kier alpha value is -3.60. The molecule has 5 nitrogen and oxygen atoms in total. The van der Waals surface area contributed by atoms with Gasteiger partial charge in [0.05, 0.1) is 30.4 Å². The lowest BCUT2D eigenvalue weighted by Gasteiger charge is -2.34. The molecular formula is C30H33N3O2. The van der Waals surface area contributed by atoms with Crippen molar-refractivity contribution in [1.82, 2.24) is 0 Å². The van der Waals surface area contributed by atoms with E-state index in [0.29, 0.717) is 6.42 Å². The second kappa shape index (κ2) is 9.95. The van der Waals surface area contributed by atoms with Gasteiger partial charge in [-0.05, 0) is 67.6 Å². The van der Waals surface area contributed by atoms with Crippen LogP contribution < -0.4 is 15.0 Å². The van der Waals surface area contributed by atoms with Crippen LogP contribution >= 0.6 is 0 Å². The van der Waals surface area contributed by atoms with E-state index in [1.54, 1.807) is 7.11 Å². The number of nitrogens with one attached hydrogen (secondary N) is 1. The molecule has 5 rings (SSSR count). The first-order valence-corrected chi connectivity index (χ1v) is 12.6. The minimum Gasteiger partial charge on any atom is -0.496 e. The quantitative estimate of drug-likeness (QED) is 0.447. The summed E-state index contributed by atoms with van der Waals surface area (Å²) in [6.07, 6.45) is 1.22. The van der Waals surface area contributed by atoms with Crippen LogP contribution in [0.5, 0.6) is 5.75 Å². The fourth-order valence-corrected chi connectivity index (χ4v) is 5.58. The molecule has 1 heterocycles. The molecule has 1 N–H and O–H groups in total. The summed E-state index contributed by atoms with van der Waals surface area (Å²) < 4.78 is 5.62. The second-order valence-electron chi connectivity index (χ2n) is 9.30. The number of anilines is 2. The van der Waals surface area contributed by atoms with E-state index in [0.717, 1.165) is 53.5 Å². The predicted octanol–water partition coefficient (Wildman–Crippen LogP) is 6.54. The Morgan fingerprint density at radius 3 is 2.40 bits per heavy atom. The minimum absolute atomic E-state index is 0.0598. The maximum atomic E-state index is 13.8. The van der Waals surface area contributed by atoms with E-state index in [2.05, 4.69) is 60.5 Å². The molecule has 0 radical (unpaired) electrons. The summed E-state index contributed by atoms with van der Waals surface area (Å²) in [4.78, 5) is 21.2. The summed E-state index contributed by atoms with van der Waals surface area (Å²) in [6, 6.07) is 24.6. The number of carbonyl (C=O) groups excluding carboxylic acids is 1. The number of hydrogen-bond acceptors (Lipinski definition) is 5. The van der Waals surface area contributed by atoms with E-state index in [-0.39, 0.29) is 23.7 Å². The first-order valence-electron chi connectivity index (χ1n) is 12.6. The average Bonchev–Trinajstić information content (AvgIpc) is 3.06. The zero-order valence-corrected chi connectivity index (χ0v) is 20.7. The molecule has 0 bridgehead atoms. The van der Waals surface area contributed by atoms with Crippen LogP contribution in [0.15, 0.2) is 77.8 Å². The van der Waals surface area contributed by atoms with Crippen LogP contribution in [0.25, 0.3) is 0 Å². The molecule has 1 saturated carbocycles. The molecule has 0 saturated heterocycles. The summed E-state index contributed by atoms with van der Waals surface area (Å²) in [5, 5.41) is 3.69. The van der Waals surface area contributed by atoms with Crippen LogP contribution in [-0.4, -0.2) is 31.7 Å². The topological polar surface area (TPSA) is 53.9 Å². The predicted molar refractivity (Wildman–Crippen MR) is 143 cm³/mol. The van der Waals surface area contributed by atoms with Gasteiger partial charge in [0, 0.05) is 30.9 Å². The van der Waals surface area contributed by atoms with Crippen molar-refractivity contribution in [3.8, 4) is 5.75 Å². The van der Waals surface area contributed by atoms with Crippen LogP contribution in [0.3, 0.4) is 0 Å². The van der Waals surface area contributed by atoms with E-state index in [9.17, 15) is 4.79 Å². The third-order valence-corrected chi connectivity index (χ3v) is 7.38. The first-order chi connectivity index (χ1) is 17.1. The third kappa shape index (κ3) is 4.43. The molecule has 3 aromatic rings. The molecule has 3 aromatic carbocycles. The number of fused-ring (bicyclic) bond motifs is 2. The van der Waals surface area contributed by atoms with Crippen molar-refractivity contribution in [1.29, 1.82) is 0 Å². The number of Topliss-reactive ketones (excluding diaryl/α,β-unsaturated/α-hetero) is 1. The third-order valence-electron chi connectivity index (χ3n) is 7.38. The number of rotatable bonds is 6. The molecule has 3 atom stereocenters. The molecule has 1 aliphatic carbocycles. The number of ether oxygens (including phenoxy) is 1. The fraction of sp³-hybridized carbons (Fsp3) is 0.333. The summed E-state index contributed by atoms with van der Waals surface area (Å²) in [7, 11) is 1.69. The highest BCUT2D eigenvalue weighted by molar-refractivity contribution is 6.11. The molecule has 1 fully saturated rings. The Bertz CT molecular complexity index is 1230. The van der Waals surface area contributed by atoms with E-state index in [1.165, 1.54) is 5.69 Å². The summed E-state index contributed by atoms with van der Waals surface area (Å²) in [5.41, 5.74) is 6.20. The molecule has 5 heteroatoms. The van der Waals surface area contributed by atoms with Gasteiger partial charge in [0.2, 0.25) is 0 Å². The van der Waals surface area contributed by atoms with Crippen molar-refractivity contribution < 1.29 is 9.53 Å². The Morgan fingerprint density at radius 1 is 0.943 bits per heavy atom. The SMILES string of the molecule is CCN(CC)c1ccc(C2Nc3ccccc3N=C3CC(c4ccccc4OC)CC(=O)C32)cc1. The van der Waals surface area contributed by atoms with Crippen molar-refractivity contribution in [2.75, 3.05) is 30.4 Å². The van der Waals surface area contributed by atoms with E-state index >= 15 is 0 Å². The zero-order chi connectivity index (χ0) is 24.4. The summed E-state index contributed by atoms with van der Waals surface area (Å²) in [6.45, 7) is 6.27. The number of benzene rings is 3. The highest BCUT2D eigenvalue weighted by atomic mass is 16.5. The van der Waals surface area contributed by atoms with Gasteiger partial charge in [-0.3, -0.25) is 9.79 Å². The standard InChI is InChI=1S/C30H33N3O2/c1-4-33(5-2)22-16-14-20(15-17-22)30-29-26(31-24-11-7-8-12-25(24)32-30)18-21(19-27(29)34)23-10-6-9-13-28(23)35-3/h6-17,21,29-30,32H,4-5,18-19H2,1-3H3. The van der Waals surface area contributed by atoms with Gasteiger partial charge in [0.1, 0.15) is 11.5 Å². The van der Waals surface area contributed by atoms with E-state index < -0.39 is 0 Å². The van der Waals surface area contributed by atoms with Gasteiger partial charge in [-0.15, -0.1) is 0 Å². The molecule has 0 aromatic heterocycles. The molecule has 0 amide bonds. The van der Waals surface area contributed by atoms with Gasteiger partial charge in [-0.2, -0.15) is 0 Å². The number of para-hydroxylation sites is 3. The summed E-state index contributed by atoms with van der Waals surface area (Å²) in [5.74, 6) is 0.821. The van der Waals surface area contributed by atoms with E-state index in [1.807, 2.05) is 36.4 Å². The van der Waals surface area contributed by atoms with Crippen LogP contribution in [0, 0.1) is 5.92 Å². The average molecular weight is 468 g/mol. The largest absolute Gasteiger partial charge is 0.496 e.